The van der Waals surface area contributed by atoms with Gasteiger partial charge in [-0.1, -0.05) is 11.6 Å². The number of nitrogens with two attached hydrogens (primary N) is 1. The van der Waals surface area contributed by atoms with Crippen molar-refractivity contribution in [2.45, 2.75) is 19.1 Å². The molecule has 0 radical (unpaired) electrons. The van der Waals surface area contributed by atoms with Crippen LogP contribution in [0.15, 0.2) is 35.8 Å². The van der Waals surface area contributed by atoms with E-state index in [1.54, 1.807) is 30.5 Å². The molecule has 0 aliphatic heterocycles. The summed E-state index contributed by atoms with van der Waals surface area (Å²) in [6, 6.07) is 6.68. The number of hydrogen-bond acceptors (Lipinski definition) is 6. The third-order valence-corrected chi connectivity index (χ3v) is 4.83. The molecule has 3 heterocycles. The highest BCUT2D eigenvalue weighted by molar-refractivity contribution is 7.09. The van der Waals surface area contributed by atoms with E-state index in [4.69, 9.17) is 22.4 Å². The summed E-state index contributed by atoms with van der Waals surface area (Å²) in [5.41, 5.74) is 8.19. The highest BCUT2D eigenvalue weighted by atomic mass is 35.5. The summed E-state index contributed by atoms with van der Waals surface area (Å²) in [6.45, 7) is 0.281. The zero-order valence-electron chi connectivity index (χ0n) is 13.8. The van der Waals surface area contributed by atoms with Crippen LogP contribution in [0.3, 0.4) is 0 Å². The first kappa shape index (κ1) is 18.5. The predicted molar refractivity (Wildman–Crippen MR) is 101 cm³/mol. The molecule has 3 aromatic heterocycles. The van der Waals surface area contributed by atoms with Crippen molar-refractivity contribution in [1.29, 1.82) is 0 Å². The van der Waals surface area contributed by atoms with Crippen LogP contribution >= 0.6 is 22.9 Å². The van der Waals surface area contributed by atoms with Gasteiger partial charge >= 0.3 is 0 Å². The average Bonchev–Trinajstić information content (AvgIpc) is 3.31. The highest BCUT2D eigenvalue weighted by Crippen LogP contribution is 2.21. The Balaban J connectivity index is 1.74. The van der Waals surface area contributed by atoms with Crippen molar-refractivity contribution < 1.29 is 9.90 Å². The molecule has 0 bridgehead atoms. The minimum Gasteiger partial charge on any atom is -0.389 e. The van der Waals surface area contributed by atoms with Gasteiger partial charge in [0.15, 0.2) is 0 Å². The number of rotatable bonds is 7. The number of amides is 1. The molecule has 0 fully saturated rings. The van der Waals surface area contributed by atoms with Gasteiger partial charge in [0.05, 0.1) is 34.8 Å². The Kier molecular flexibility index (Phi) is 6.00. The van der Waals surface area contributed by atoms with E-state index < -0.39 is 0 Å². The molecule has 3 aromatic rings. The van der Waals surface area contributed by atoms with E-state index in [1.807, 2.05) is 5.38 Å². The number of nitrogens with zero attached hydrogens (tertiary/aromatic N) is 2. The molecule has 5 N–H and O–H groups in total. The number of pyridine rings is 1. The molecule has 0 aliphatic carbocycles. The fraction of sp³-hybridized carbons (Fsp3) is 0.235. The number of thiazole rings is 1. The fourth-order valence-corrected chi connectivity index (χ4v) is 3.28. The van der Waals surface area contributed by atoms with E-state index in [-0.39, 0.29) is 18.6 Å². The molecule has 26 heavy (non-hydrogen) atoms. The van der Waals surface area contributed by atoms with Crippen molar-refractivity contribution in [1.82, 2.24) is 20.3 Å². The maximum absolute atomic E-state index is 12.6. The number of halogens is 1. The molecule has 0 aromatic carbocycles. The molecule has 0 saturated carbocycles. The largest absolute Gasteiger partial charge is 0.389 e. The topological polar surface area (TPSA) is 117 Å². The second kappa shape index (κ2) is 8.41. The number of aromatic nitrogens is 3. The van der Waals surface area contributed by atoms with Gasteiger partial charge in [-0.15, -0.1) is 11.3 Å². The summed E-state index contributed by atoms with van der Waals surface area (Å²) >= 11 is 7.19. The van der Waals surface area contributed by atoms with E-state index in [2.05, 4.69) is 20.3 Å². The number of hydrogen-bond donors (Lipinski definition) is 4. The van der Waals surface area contributed by atoms with Crippen molar-refractivity contribution in [3.63, 3.8) is 0 Å². The number of carbonyl (C=O) groups is 1. The van der Waals surface area contributed by atoms with Gasteiger partial charge in [-0.25, -0.2) is 4.98 Å². The molecule has 9 heteroatoms. The molecule has 1 unspecified atom stereocenters. The molecule has 0 saturated heterocycles. The van der Waals surface area contributed by atoms with Crippen molar-refractivity contribution in [3.8, 4) is 11.4 Å². The number of nitrogens with one attached hydrogen (secondary N) is 2. The lowest BCUT2D eigenvalue weighted by Crippen LogP contribution is -2.30. The van der Waals surface area contributed by atoms with Gasteiger partial charge < -0.3 is 21.1 Å². The molecular formula is C17H18ClN5O2S. The first-order valence-corrected chi connectivity index (χ1v) is 9.23. The quantitative estimate of drug-likeness (QED) is 0.493. The Morgan fingerprint density at radius 3 is 2.88 bits per heavy atom. The normalized spacial score (nSPS) is 12.1. The van der Waals surface area contributed by atoms with Gasteiger partial charge in [-0.05, 0) is 37.2 Å². The minimum atomic E-state index is -0.315. The molecule has 7 nitrogen and oxygen atoms in total. The fourth-order valence-electron chi connectivity index (χ4n) is 2.47. The standard InChI is InChI=1S/C17H18ClN5O2S/c18-10-1-2-11(20-7-10)12-3-4-14(21-12)17(25)23-13(5-6-19)15-9-26-16(8-24)22-15/h1-4,7,9,13,21,24H,5-6,8,19H2,(H,23,25). The summed E-state index contributed by atoms with van der Waals surface area (Å²) in [5.74, 6) is -0.262. The van der Waals surface area contributed by atoms with Gasteiger partial charge in [0.1, 0.15) is 10.7 Å². The smallest absolute Gasteiger partial charge is 0.268 e. The number of H-pyrrole nitrogens is 1. The summed E-state index contributed by atoms with van der Waals surface area (Å²) in [6.07, 6.45) is 2.10. The Morgan fingerprint density at radius 1 is 1.38 bits per heavy atom. The molecule has 0 spiro atoms. The molecule has 136 valence electrons. The number of aliphatic hydroxyl groups is 1. The molecule has 3 rings (SSSR count). The third kappa shape index (κ3) is 4.28. The highest BCUT2D eigenvalue weighted by Gasteiger charge is 2.19. The van der Waals surface area contributed by atoms with E-state index in [1.165, 1.54) is 11.3 Å². The third-order valence-electron chi connectivity index (χ3n) is 3.76. The SMILES string of the molecule is NCCC(NC(=O)c1ccc(-c2ccc(Cl)cn2)[nH]1)c1csc(CO)n1. The van der Waals surface area contributed by atoms with Crippen LogP contribution < -0.4 is 11.1 Å². The maximum atomic E-state index is 12.6. The Labute approximate surface area is 159 Å². The number of aromatic amines is 1. The van der Waals surface area contributed by atoms with E-state index in [0.29, 0.717) is 40.1 Å². The van der Waals surface area contributed by atoms with Crippen LogP contribution in [0.2, 0.25) is 5.02 Å². The van der Waals surface area contributed by atoms with E-state index >= 15 is 0 Å². The zero-order valence-corrected chi connectivity index (χ0v) is 15.3. The van der Waals surface area contributed by atoms with Gasteiger partial charge in [0.2, 0.25) is 0 Å². The van der Waals surface area contributed by atoms with Crippen LogP contribution in [0.5, 0.6) is 0 Å². The molecule has 1 amide bonds. The maximum Gasteiger partial charge on any atom is 0.268 e. The lowest BCUT2D eigenvalue weighted by Gasteiger charge is -2.15. The summed E-state index contributed by atoms with van der Waals surface area (Å²) in [7, 11) is 0. The summed E-state index contributed by atoms with van der Waals surface area (Å²) < 4.78 is 0. The lowest BCUT2D eigenvalue weighted by molar-refractivity contribution is 0.0930. The predicted octanol–water partition coefficient (Wildman–Crippen LogP) is 2.50. The Bertz CT molecular complexity index is 877. The van der Waals surface area contributed by atoms with E-state index in [0.717, 1.165) is 5.69 Å². The molecule has 0 aliphatic rings. The van der Waals surface area contributed by atoms with Crippen molar-refractivity contribution in [3.05, 3.63) is 57.3 Å². The summed E-state index contributed by atoms with van der Waals surface area (Å²) in [5, 5.41) is 15.1. The number of carbonyl (C=O) groups excluding carboxylic acids is 1. The zero-order chi connectivity index (χ0) is 18.5. The van der Waals surface area contributed by atoms with Crippen LogP contribution in [0.4, 0.5) is 0 Å². The van der Waals surface area contributed by atoms with Crippen LogP contribution in [-0.4, -0.2) is 32.5 Å². The average molecular weight is 392 g/mol. The van der Waals surface area contributed by atoms with Crippen molar-refractivity contribution in [2.75, 3.05) is 6.54 Å². The number of aliphatic hydroxyl groups excluding tert-OH is 1. The van der Waals surface area contributed by atoms with Gasteiger partial charge in [-0.3, -0.25) is 9.78 Å². The lowest BCUT2D eigenvalue weighted by atomic mass is 10.1. The second-order valence-electron chi connectivity index (χ2n) is 5.57. The second-order valence-corrected chi connectivity index (χ2v) is 6.95. The Morgan fingerprint density at radius 2 is 2.23 bits per heavy atom. The van der Waals surface area contributed by atoms with Gasteiger partial charge in [0.25, 0.3) is 5.91 Å². The van der Waals surface area contributed by atoms with Gasteiger partial charge in [0, 0.05) is 11.6 Å². The van der Waals surface area contributed by atoms with Crippen LogP contribution in [0.25, 0.3) is 11.4 Å². The van der Waals surface area contributed by atoms with Gasteiger partial charge in [-0.2, -0.15) is 0 Å². The first-order chi connectivity index (χ1) is 12.6. The van der Waals surface area contributed by atoms with Crippen molar-refractivity contribution in [2.24, 2.45) is 5.73 Å². The molecule has 1 atom stereocenters. The summed E-state index contributed by atoms with van der Waals surface area (Å²) in [4.78, 5) is 24.2. The molecular weight excluding hydrogens is 374 g/mol. The van der Waals surface area contributed by atoms with Crippen LogP contribution in [-0.2, 0) is 6.61 Å². The van der Waals surface area contributed by atoms with Crippen LogP contribution in [0, 0.1) is 0 Å². The Hall–Kier alpha value is -2.26. The minimum absolute atomic E-state index is 0.123. The monoisotopic (exact) mass is 391 g/mol. The van der Waals surface area contributed by atoms with E-state index in [9.17, 15) is 4.79 Å². The van der Waals surface area contributed by atoms with Crippen LogP contribution in [0.1, 0.15) is 33.7 Å². The first-order valence-electron chi connectivity index (χ1n) is 7.97. The van der Waals surface area contributed by atoms with Crippen molar-refractivity contribution >= 4 is 28.8 Å².